The number of aryl methyl sites for hydroxylation is 1. The van der Waals surface area contributed by atoms with Crippen LogP contribution in [0, 0.1) is 12.8 Å². The van der Waals surface area contributed by atoms with Gasteiger partial charge in [-0.1, -0.05) is 19.1 Å². The highest BCUT2D eigenvalue weighted by atomic mass is 32.1. The SMILES string of the molecule is COC(=O)C(C)CN(C)c1nccc(C)c1C(N)=S. The number of carbonyl (C=O) groups excluding carboxylic acids is 1. The molecule has 2 N–H and O–H groups in total. The predicted molar refractivity (Wildman–Crippen MR) is 79.3 cm³/mol. The molecule has 0 aromatic carbocycles. The number of methoxy groups -OCH3 is 1. The van der Waals surface area contributed by atoms with Gasteiger partial charge in [0.15, 0.2) is 0 Å². The zero-order valence-electron chi connectivity index (χ0n) is 11.6. The largest absolute Gasteiger partial charge is 0.469 e. The number of esters is 1. The molecule has 5 nitrogen and oxygen atoms in total. The molecule has 0 saturated carbocycles. The summed E-state index contributed by atoms with van der Waals surface area (Å²) in [6.45, 7) is 4.22. The third-order valence-corrected chi connectivity index (χ3v) is 3.10. The van der Waals surface area contributed by atoms with E-state index in [0.717, 1.165) is 11.1 Å². The second-order valence-electron chi connectivity index (χ2n) is 4.50. The Morgan fingerprint density at radius 2 is 2.26 bits per heavy atom. The van der Waals surface area contributed by atoms with E-state index in [2.05, 4.69) is 4.98 Å². The average Bonchev–Trinajstić information content (AvgIpc) is 2.36. The lowest BCUT2D eigenvalue weighted by Crippen LogP contribution is -2.31. The quantitative estimate of drug-likeness (QED) is 0.647. The Balaban J connectivity index is 3.00. The van der Waals surface area contributed by atoms with Crippen LogP contribution in [0.3, 0.4) is 0 Å². The van der Waals surface area contributed by atoms with Crippen molar-refractivity contribution in [3.8, 4) is 0 Å². The van der Waals surface area contributed by atoms with Crippen LogP contribution in [0.5, 0.6) is 0 Å². The first-order chi connectivity index (χ1) is 8.88. The highest BCUT2D eigenvalue weighted by Crippen LogP contribution is 2.20. The fraction of sp³-hybridized carbons (Fsp3) is 0.462. The van der Waals surface area contributed by atoms with Gasteiger partial charge in [0.1, 0.15) is 10.8 Å². The number of anilines is 1. The van der Waals surface area contributed by atoms with E-state index in [4.69, 9.17) is 22.7 Å². The molecule has 1 heterocycles. The topological polar surface area (TPSA) is 68.5 Å². The van der Waals surface area contributed by atoms with Crippen LogP contribution < -0.4 is 10.6 Å². The van der Waals surface area contributed by atoms with Gasteiger partial charge in [0.25, 0.3) is 0 Å². The summed E-state index contributed by atoms with van der Waals surface area (Å²) in [6.07, 6.45) is 1.70. The lowest BCUT2D eigenvalue weighted by molar-refractivity contribution is -0.144. The first kappa shape index (κ1) is 15.4. The third-order valence-electron chi connectivity index (χ3n) is 2.90. The molecule has 0 radical (unpaired) electrons. The van der Waals surface area contributed by atoms with E-state index in [0.29, 0.717) is 17.4 Å². The lowest BCUT2D eigenvalue weighted by Gasteiger charge is -2.24. The number of hydrogen-bond acceptors (Lipinski definition) is 5. The van der Waals surface area contributed by atoms with E-state index < -0.39 is 0 Å². The minimum Gasteiger partial charge on any atom is -0.469 e. The number of aromatic nitrogens is 1. The van der Waals surface area contributed by atoms with Gasteiger partial charge in [0.2, 0.25) is 0 Å². The molecule has 0 saturated heterocycles. The standard InChI is InChI=1S/C13H19N3O2S/c1-8-5-6-15-12(10(8)11(14)19)16(3)7-9(2)13(17)18-4/h5-6,9H,7H2,1-4H3,(H2,14,19). The molecule has 0 aliphatic carbocycles. The van der Waals surface area contributed by atoms with Gasteiger partial charge < -0.3 is 15.4 Å². The number of ether oxygens (including phenoxy) is 1. The van der Waals surface area contributed by atoms with Crippen LogP contribution in [-0.2, 0) is 9.53 Å². The van der Waals surface area contributed by atoms with Gasteiger partial charge >= 0.3 is 5.97 Å². The molecule has 0 aliphatic heterocycles. The molecule has 1 aromatic rings. The van der Waals surface area contributed by atoms with Crippen molar-refractivity contribution in [2.75, 3.05) is 25.6 Å². The van der Waals surface area contributed by atoms with Crippen molar-refractivity contribution in [2.24, 2.45) is 11.7 Å². The van der Waals surface area contributed by atoms with Gasteiger partial charge in [-0.2, -0.15) is 0 Å². The second kappa shape index (κ2) is 6.47. The molecule has 0 amide bonds. The first-order valence-corrected chi connectivity index (χ1v) is 6.33. The molecule has 0 spiro atoms. The zero-order valence-corrected chi connectivity index (χ0v) is 12.5. The van der Waals surface area contributed by atoms with Crippen molar-refractivity contribution in [3.05, 3.63) is 23.4 Å². The van der Waals surface area contributed by atoms with Crippen molar-refractivity contribution in [1.82, 2.24) is 4.98 Å². The summed E-state index contributed by atoms with van der Waals surface area (Å²) in [6, 6.07) is 1.86. The molecule has 1 atom stereocenters. The average molecular weight is 281 g/mol. The highest BCUT2D eigenvalue weighted by molar-refractivity contribution is 7.80. The van der Waals surface area contributed by atoms with Crippen molar-refractivity contribution in [2.45, 2.75) is 13.8 Å². The Bertz CT molecular complexity index is 491. The first-order valence-electron chi connectivity index (χ1n) is 5.92. The molecule has 104 valence electrons. The van der Waals surface area contributed by atoms with Gasteiger partial charge in [0, 0.05) is 19.8 Å². The Morgan fingerprint density at radius 1 is 1.63 bits per heavy atom. The van der Waals surface area contributed by atoms with Gasteiger partial charge in [-0.3, -0.25) is 4.79 Å². The maximum absolute atomic E-state index is 11.4. The van der Waals surface area contributed by atoms with Gasteiger partial charge in [-0.15, -0.1) is 0 Å². The molecule has 19 heavy (non-hydrogen) atoms. The number of nitrogens with zero attached hydrogens (tertiary/aromatic N) is 2. The van der Waals surface area contributed by atoms with Gasteiger partial charge in [-0.05, 0) is 18.6 Å². The van der Waals surface area contributed by atoms with Crippen LogP contribution in [0.15, 0.2) is 12.3 Å². The Hall–Kier alpha value is -1.69. The van der Waals surface area contributed by atoms with Crippen molar-refractivity contribution in [3.63, 3.8) is 0 Å². The summed E-state index contributed by atoms with van der Waals surface area (Å²) in [7, 11) is 3.23. The van der Waals surface area contributed by atoms with E-state index in [1.807, 2.05) is 24.9 Å². The lowest BCUT2D eigenvalue weighted by atomic mass is 10.1. The number of carbonyl (C=O) groups is 1. The van der Waals surface area contributed by atoms with Crippen LogP contribution >= 0.6 is 12.2 Å². The zero-order chi connectivity index (χ0) is 14.6. The fourth-order valence-electron chi connectivity index (χ4n) is 1.91. The van der Waals surface area contributed by atoms with Crippen molar-refractivity contribution in [1.29, 1.82) is 0 Å². The monoisotopic (exact) mass is 281 g/mol. The summed E-state index contributed by atoms with van der Waals surface area (Å²) in [5.74, 6) is 0.177. The predicted octanol–water partition coefficient (Wildman–Crippen LogP) is 1.27. The number of pyridine rings is 1. The summed E-state index contributed by atoms with van der Waals surface area (Å²) in [5, 5.41) is 0. The summed E-state index contributed by atoms with van der Waals surface area (Å²) < 4.78 is 4.71. The molecule has 0 fully saturated rings. The highest BCUT2D eigenvalue weighted by Gasteiger charge is 2.19. The molecule has 1 rings (SSSR count). The van der Waals surface area contributed by atoms with Crippen molar-refractivity contribution >= 4 is 29.0 Å². The minimum atomic E-state index is -0.253. The minimum absolute atomic E-state index is 0.253. The van der Waals surface area contributed by atoms with Crippen LogP contribution in [0.25, 0.3) is 0 Å². The molecular weight excluding hydrogens is 262 g/mol. The number of rotatable bonds is 5. The summed E-state index contributed by atoms with van der Waals surface area (Å²) >= 11 is 5.06. The van der Waals surface area contributed by atoms with Gasteiger partial charge in [0.05, 0.1) is 18.6 Å². The Morgan fingerprint density at radius 3 is 2.79 bits per heavy atom. The van der Waals surface area contributed by atoms with E-state index >= 15 is 0 Å². The molecule has 0 bridgehead atoms. The molecule has 6 heteroatoms. The summed E-state index contributed by atoms with van der Waals surface area (Å²) in [5.41, 5.74) is 7.46. The van der Waals surface area contributed by atoms with Crippen molar-refractivity contribution < 1.29 is 9.53 Å². The van der Waals surface area contributed by atoms with E-state index in [9.17, 15) is 4.79 Å². The Kier molecular flexibility index (Phi) is 5.23. The Labute approximate surface area is 118 Å². The summed E-state index contributed by atoms with van der Waals surface area (Å²) in [4.78, 5) is 17.9. The number of nitrogens with two attached hydrogens (primary N) is 1. The molecule has 0 aliphatic rings. The third kappa shape index (κ3) is 3.64. The molecule has 1 unspecified atom stereocenters. The number of thiocarbonyl (C=S) groups is 1. The maximum Gasteiger partial charge on any atom is 0.310 e. The normalized spacial score (nSPS) is 11.8. The smallest absolute Gasteiger partial charge is 0.310 e. The molecule has 1 aromatic heterocycles. The molecular formula is C13H19N3O2S. The van der Waals surface area contributed by atoms with Crippen LogP contribution in [-0.4, -0.2) is 36.6 Å². The van der Waals surface area contributed by atoms with Crippen LogP contribution in [0.2, 0.25) is 0 Å². The maximum atomic E-state index is 11.4. The van der Waals surface area contributed by atoms with Crippen LogP contribution in [0.4, 0.5) is 5.82 Å². The van der Waals surface area contributed by atoms with E-state index in [1.165, 1.54) is 7.11 Å². The fourth-order valence-corrected chi connectivity index (χ4v) is 2.16. The second-order valence-corrected chi connectivity index (χ2v) is 4.94. The van der Waals surface area contributed by atoms with E-state index in [1.54, 1.807) is 13.1 Å². The van der Waals surface area contributed by atoms with E-state index in [-0.39, 0.29) is 11.9 Å². The number of hydrogen-bond donors (Lipinski definition) is 1. The van der Waals surface area contributed by atoms with Crippen LogP contribution in [0.1, 0.15) is 18.1 Å². The van der Waals surface area contributed by atoms with Gasteiger partial charge in [-0.25, -0.2) is 4.98 Å².